The van der Waals surface area contributed by atoms with Crippen molar-refractivity contribution in [2.75, 3.05) is 12.4 Å². The number of rotatable bonds is 4. The minimum absolute atomic E-state index is 0.646. The smallest absolute Gasteiger partial charge is 0.156 e. The topological polar surface area (TPSA) is 21.3 Å². The van der Waals surface area contributed by atoms with E-state index in [0.29, 0.717) is 11.6 Å². The molecule has 0 bridgehead atoms. The summed E-state index contributed by atoms with van der Waals surface area (Å²) in [4.78, 5) is 0. The molecule has 0 radical (unpaired) electrons. The minimum Gasteiger partial charge on any atom is -0.493 e. The molecule has 0 saturated heterocycles. The van der Waals surface area contributed by atoms with Crippen molar-refractivity contribution in [2.45, 2.75) is 13.5 Å². The van der Waals surface area contributed by atoms with Crippen LogP contribution in [-0.4, -0.2) is 7.11 Å². The Morgan fingerprint density at radius 2 is 1.90 bits per heavy atom. The number of hydrogen-bond donors (Lipinski definition) is 1. The van der Waals surface area contributed by atoms with Crippen LogP contribution in [0.4, 0.5) is 5.69 Å². The highest BCUT2D eigenvalue weighted by Crippen LogP contribution is 2.36. The second-order valence-electron chi connectivity index (χ2n) is 4.39. The lowest BCUT2D eigenvalue weighted by Gasteiger charge is -2.14. The van der Waals surface area contributed by atoms with Crippen molar-refractivity contribution in [1.82, 2.24) is 0 Å². The fraction of sp³-hybridized carbons (Fsp3) is 0.200. The van der Waals surface area contributed by atoms with Gasteiger partial charge < -0.3 is 10.1 Å². The largest absolute Gasteiger partial charge is 0.493 e. The summed E-state index contributed by atoms with van der Waals surface area (Å²) in [5, 5.41) is 4.73. The van der Waals surface area contributed by atoms with Crippen molar-refractivity contribution < 1.29 is 4.74 Å². The van der Waals surface area contributed by atoms with E-state index in [1.165, 1.54) is 5.56 Å². The summed E-state index contributed by atoms with van der Waals surface area (Å²) in [5.41, 5.74) is 3.17. The van der Waals surface area contributed by atoms with Gasteiger partial charge in [0.2, 0.25) is 0 Å². The molecule has 0 heterocycles. The number of nitrogens with one attached hydrogen (secondary N) is 1. The van der Waals surface area contributed by atoms with Gasteiger partial charge in [0.15, 0.2) is 5.75 Å². The maximum Gasteiger partial charge on any atom is 0.156 e. The summed E-state index contributed by atoms with van der Waals surface area (Å²) in [6.45, 7) is 2.71. The molecule has 5 heteroatoms. The van der Waals surface area contributed by atoms with Gasteiger partial charge >= 0.3 is 0 Å². The SMILES string of the molecule is COc1c(Br)cc(Cl)cc1NCc1ccc(Cl)cc1C. The predicted octanol–water partition coefficient (Wildman–Crippen LogP) is 5.69. The average molecular weight is 375 g/mol. The van der Waals surface area contributed by atoms with Crippen LogP contribution < -0.4 is 10.1 Å². The zero-order valence-electron chi connectivity index (χ0n) is 11.1. The van der Waals surface area contributed by atoms with Gasteiger partial charge in [-0.25, -0.2) is 0 Å². The zero-order chi connectivity index (χ0) is 14.7. The van der Waals surface area contributed by atoms with Crippen LogP contribution in [0, 0.1) is 6.92 Å². The van der Waals surface area contributed by atoms with Gasteiger partial charge in [0.25, 0.3) is 0 Å². The van der Waals surface area contributed by atoms with E-state index in [0.717, 1.165) is 26.5 Å². The first kappa shape index (κ1) is 15.5. The number of ether oxygens (including phenoxy) is 1. The Labute approximate surface area is 137 Å². The molecule has 1 N–H and O–H groups in total. The molecule has 0 atom stereocenters. The van der Waals surface area contributed by atoms with Crippen LogP contribution >= 0.6 is 39.1 Å². The molecule has 2 aromatic rings. The number of benzene rings is 2. The molecule has 0 unspecified atom stereocenters. The van der Waals surface area contributed by atoms with Gasteiger partial charge in [-0.1, -0.05) is 29.3 Å². The van der Waals surface area contributed by atoms with Crippen LogP contribution in [0.1, 0.15) is 11.1 Å². The molecule has 0 fully saturated rings. The maximum absolute atomic E-state index is 6.07. The molecule has 0 aliphatic carbocycles. The molecule has 0 saturated carbocycles. The van der Waals surface area contributed by atoms with E-state index in [4.69, 9.17) is 27.9 Å². The molecule has 0 aliphatic rings. The molecule has 0 aliphatic heterocycles. The van der Waals surface area contributed by atoms with E-state index in [1.807, 2.05) is 31.2 Å². The van der Waals surface area contributed by atoms with Crippen molar-refractivity contribution in [1.29, 1.82) is 0 Å². The molecule has 20 heavy (non-hydrogen) atoms. The van der Waals surface area contributed by atoms with E-state index >= 15 is 0 Å². The molecule has 2 aromatic carbocycles. The fourth-order valence-corrected chi connectivity index (χ4v) is 3.15. The van der Waals surface area contributed by atoms with Gasteiger partial charge in [-0.05, 0) is 58.2 Å². The highest BCUT2D eigenvalue weighted by Gasteiger charge is 2.09. The Balaban J connectivity index is 2.22. The standard InChI is InChI=1S/C15H14BrCl2NO/c1-9-5-11(17)4-3-10(9)8-19-14-7-12(18)6-13(16)15(14)20-2/h3-7,19H,8H2,1-2H3. The number of hydrogen-bond acceptors (Lipinski definition) is 2. The third-order valence-corrected chi connectivity index (χ3v) is 4.03. The lowest BCUT2D eigenvalue weighted by atomic mass is 10.1. The Bertz CT molecular complexity index is 632. The minimum atomic E-state index is 0.646. The lowest BCUT2D eigenvalue weighted by molar-refractivity contribution is 0.414. The summed E-state index contributed by atoms with van der Waals surface area (Å²) in [6.07, 6.45) is 0. The predicted molar refractivity (Wildman–Crippen MR) is 89.2 cm³/mol. The van der Waals surface area contributed by atoms with E-state index in [-0.39, 0.29) is 0 Å². The Hall–Kier alpha value is -0.900. The first-order valence-corrected chi connectivity index (χ1v) is 7.58. The first-order chi connectivity index (χ1) is 9.51. The monoisotopic (exact) mass is 373 g/mol. The van der Waals surface area contributed by atoms with Gasteiger partial charge in [0, 0.05) is 16.6 Å². The summed E-state index contributed by atoms with van der Waals surface area (Å²) in [7, 11) is 1.63. The Morgan fingerprint density at radius 1 is 1.15 bits per heavy atom. The highest BCUT2D eigenvalue weighted by molar-refractivity contribution is 9.10. The highest BCUT2D eigenvalue weighted by atomic mass is 79.9. The van der Waals surface area contributed by atoms with Gasteiger partial charge in [0.1, 0.15) is 0 Å². The number of anilines is 1. The molecular weight excluding hydrogens is 361 g/mol. The van der Waals surface area contributed by atoms with Crippen molar-refractivity contribution >= 4 is 44.8 Å². The van der Waals surface area contributed by atoms with E-state index < -0.39 is 0 Å². The molecule has 2 nitrogen and oxygen atoms in total. The fourth-order valence-electron chi connectivity index (χ4n) is 1.95. The number of halogens is 3. The molecule has 0 amide bonds. The van der Waals surface area contributed by atoms with Crippen molar-refractivity contribution in [3.05, 3.63) is 56.0 Å². The summed E-state index contributed by atoms with van der Waals surface area (Å²) >= 11 is 15.5. The van der Waals surface area contributed by atoms with Gasteiger partial charge in [-0.2, -0.15) is 0 Å². The van der Waals surface area contributed by atoms with Crippen molar-refractivity contribution in [2.24, 2.45) is 0 Å². The second-order valence-corrected chi connectivity index (χ2v) is 6.12. The number of aryl methyl sites for hydroxylation is 1. The summed E-state index contributed by atoms with van der Waals surface area (Å²) in [6, 6.07) is 9.49. The third kappa shape index (κ3) is 3.60. The summed E-state index contributed by atoms with van der Waals surface area (Å²) in [5.74, 6) is 0.737. The normalized spacial score (nSPS) is 10.4. The van der Waals surface area contributed by atoms with Crippen LogP contribution in [0.5, 0.6) is 5.75 Å². The Kier molecular flexibility index (Phi) is 5.19. The maximum atomic E-state index is 6.07. The van der Waals surface area contributed by atoms with Crippen LogP contribution in [0.15, 0.2) is 34.8 Å². The van der Waals surface area contributed by atoms with Crippen molar-refractivity contribution in [3.8, 4) is 5.75 Å². The number of methoxy groups -OCH3 is 1. The van der Waals surface area contributed by atoms with Gasteiger partial charge in [-0.3, -0.25) is 0 Å². The lowest BCUT2D eigenvalue weighted by Crippen LogP contribution is -2.03. The molecular formula is C15H14BrCl2NO. The van der Waals surface area contributed by atoms with Gasteiger partial charge in [-0.15, -0.1) is 0 Å². The molecule has 0 spiro atoms. The molecule has 106 valence electrons. The van der Waals surface area contributed by atoms with Crippen molar-refractivity contribution in [3.63, 3.8) is 0 Å². The Morgan fingerprint density at radius 3 is 2.55 bits per heavy atom. The third-order valence-electron chi connectivity index (χ3n) is 2.99. The first-order valence-electron chi connectivity index (χ1n) is 6.03. The van der Waals surface area contributed by atoms with Gasteiger partial charge in [0.05, 0.1) is 17.3 Å². The molecule has 2 rings (SSSR count). The van der Waals surface area contributed by atoms with Crippen LogP contribution in [0.2, 0.25) is 10.0 Å². The van der Waals surface area contributed by atoms with E-state index in [9.17, 15) is 0 Å². The molecule has 0 aromatic heterocycles. The van der Waals surface area contributed by atoms with Crippen LogP contribution in [0.3, 0.4) is 0 Å². The van der Waals surface area contributed by atoms with Crippen LogP contribution in [0.25, 0.3) is 0 Å². The zero-order valence-corrected chi connectivity index (χ0v) is 14.2. The second kappa shape index (κ2) is 6.70. The van der Waals surface area contributed by atoms with E-state index in [1.54, 1.807) is 13.2 Å². The van der Waals surface area contributed by atoms with E-state index in [2.05, 4.69) is 21.2 Å². The van der Waals surface area contributed by atoms with Crippen LogP contribution in [-0.2, 0) is 6.54 Å². The average Bonchev–Trinajstić information content (AvgIpc) is 2.37. The summed E-state index contributed by atoms with van der Waals surface area (Å²) < 4.78 is 6.20. The quantitative estimate of drug-likeness (QED) is 0.742.